The quantitative estimate of drug-likeness (QED) is 0.583. The van der Waals surface area contributed by atoms with Gasteiger partial charge in [0.1, 0.15) is 5.75 Å². The van der Waals surface area contributed by atoms with Crippen LogP contribution in [0.25, 0.3) is 21.7 Å². The Morgan fingerprint density at radius 2 is 1.95 bits per heavy atom. The zero-order valence-electron chi connectivity index (χ0n) is 12.0. The number of pyridine rings is 1. The third-order valence-electron chi connectivity index (χ3n) is 4.27. The lowest BCUT2D eigenvalue weighted by Gasteiger charge is -2.14. The summed E-state index contributed by atoms with van der Waals surface area (Å²) in [5, 5.41) is 12.2. The molecule has 0 N–H and O–H groups in total. The minimum Gasteiger partial charge on any atom is -0.492 e. The Morgan fingerprint density at radius 3 is 2.76 bits per heavy atom. The van der Waals surface area contributed by atoms with Gasteiger partial charge in [-0.25, -0.2) is 0 Å². The zero-order chi connectivity index (χ0) is 14.6. The second kappa shape index (κ2) is 3.95. The van der Waals surface area contributed by atoms with Crippen molar-refractivity contribution in [1.29, 1.82) is 5.26 Å². The number of aromatic nitrogens is 1. The molecule has 3 aromatic rings. The van der Waals surface area contributed by atoms with Gasteiger partial charge in [-0.05, 0) is 12.1 Å². The smallest absolute Gasteiger partial charge is 0.134 e. The lowest BCUT2D eigenvalue weighted by atomic mass is 9.87. The van der Waals surface area contributed by atoms with Crippen LogP contribution in [0.2, 0.25) is 0 Å². The zero-order valence-corrected chi connectivity index (χ0v) is 12.0. The summed E-state index contributed by atoms with van der Waals surface area (Å²) < 4.78 is 5.93. The van der Waals surface area contributed by atoms with E-state index in [2.05, 4.69) is 24.9 Å². The molecule has 3 nitrogen and oxygen atoms in total. The normalized spacial score (nSPS) is 15.7. The molecule has 0 radical (unpaired) electrons. The summed E-state index contributed by atoms with van der Waals surface area (Å²) >= 11 is 0. The Labute approximate surface area is 122 Å². The van der Waals surface area contributed by atoms with Gasteiger partial charge in [-0.1, -0.05) is 32.0 Å². The summed E-state index contributed by atoms with van der Waals surface area (Å²) in [4.78, 5) is 4.66. The molecule has 1 aliphatic rings. The highest BCUT2D eigenvalue weighted by atomic mass is 16.5. The first-order valence-electron chi connectivity index (χ1n) is 7.00. The summed E-state index contributed by atoms with van der Waals surface area (Å²) in [5.41, 5.74) is 2.74. The lowest BCUT2D eigenvalue weighted by molar-refractivity contribution is 0.293. The number of hydrogen-bond acceptors (Lipinski definition) is 3. The van der Waals surface area contributed by atoms with Gasteiger partial charge in [0.05, 0.1) is 23.8 Å². The van der Waals surface area contributed by atoms with Crippen LogP contribution in [-0.4, -0.2) is 11.6 Å². The second-order valence-electron chi connectivity index (χ2n) is 6.15. The van der Waals surface area contributed by atoms with Crippen molar-refractivity contribution in [3.63, 3.8) is 0 Å². The molecule has 0 saturated carbocycles. The van der Waals surface area contributed by atoms with Crippen molar-refractivity contribution in [1.82, 2.24) is 4.98 Å². The van der Waals surface area contributed by atoms with E-state index in [1.54, 1.807) is 0 Å². The highest BCUT2D eigenvalue weighted by molar-refractivity contribution is 6.09. The lowest BCUT2D eigenvalue weighted by Crippen LogP contribution is -2.18. The minimum atomic E-state index is -0.0000171. The van der Waals surface area contributed by atoms with Crippen molar-refractivity contribution >= 4 is 21.7 Å². The van der Waals surface area contributed by atoms with Crippen molar-refractivity contribution in [2.75, 3.05) is 6.61 Å². The van der Waals surface area contributed by atoms with Crippen LogP contribution in [0.3, 0.4) is 0 Å². The Hall–Kier alpha value is -2.60. The van der Waals surface area contributed by atoms with Crippen LogP contribution in [-0.2, 0) is 5.41 Å². The topological polar surface area (TPSA) is 45.9 Å². The summed E-state index contributed by atoms with van der Waals surface area (Å²) in [6.45, 7) is 5.02. The van der Waals surface area contributed by atoms with Crippen LogP contribution in [0.4, 0.5) is 0 Å². The molecule has 0 spiro atoms. The summed E-state index contributed by atoms with van der Waals surface area (Å²) in [7, 11) is 0. The van der Waals surface area contributed by atoms with Crippen molar-refractivity contribution in [3.05, 3.63) is 47.7 Å². The van der Waals surface area contributed by atoms with Crippen molar-refractivity contribution in [3.8, 4) is 11.8 Å². The highest BCUT2D eigenvalue weighted by Crippen LogP contribution is 2.43. The molecule has 0 fully saturated rings. The molecule has 21 heavy (non-hydrogen) atoms. The van der Waals surface area contributed by atoms with Crippen LogP contribution >= 0.6 is 0 Å². The van der Waals surface area contributed by atoms with Crippen molar-refractivity contribution in [2.45, 2.75) is 19.3 Å². The molecular formula is C18H14N2O. The average molecular weight is 274 g/mol. The molecule has 0 unspecified atom stereocenters. The average Bonchev–Trinajstić information content (AvgIpc) is 2.82. The van der Waals surface area contributed by atoms with Gasteiger partial charge in [0.2, 0.25) is 0 Å². The number of hydrogen-bond donors (Lipinski definition) is 0. The van der Waals surface area contributed by atoms with E-state index in [1.807, 2.05) is 36.5 Å². The van der Waals surface area contributed by atoms with Crippen LogP contribution in [0, 0.1) is 11.3 Å². The summed E-state index contributed by atoms with van der Waals surface area (Å²) in [6, 6.07) is 12.0. The predicted octanol–water partition coefficient (Wildman–Crippen LogP) is 3.93. The number of nitriles is 1. The first kappa shape index (κ1) is 12.2. The first-order valence-corrected chi connectivity index (χ1v) is 7.00. The number of rotatable bonds is 0. The van der Waals surface area contributed by atoms with Crippen LogP contribution in [0.1, 0.15) is 25.0 Å². The summed E-state index contributed by atoms with van der Waals surface area (Å²) in [6.07, 6.45) is 1.92. The van der Waals surface area contributed by atoms with Crippen LogP contribution < -0.4 is 4.74 Å². The van der Waals surface area contributed by atoms with Crippen molar-refractivity contribution < 1.29 is 4.74 Å². The minimum absolute atomic E-state index is 0.0000171. The predicted molar refractivity (Wildman–Crippen MR) is 82.5 cm³/mol. The molecule has 102 valence electrons. The highest BCUT2D eigenvalue weighted by Gasteiger charge is 2.33. The fourth-order valence-electron chi connectivity index (χ4n) is 3.06. The molecule has 1 aliphatic heterocycles. The van der Waals surface area contributed by atoms with E-state index in [-0.39, 0.29) is 5.41 Å². The number of benzene rings is 2. The second-order valence-corrected chi connectivity index (χ2v) is 6.15. The van der Waals surface area contributed by atoms with Crippen LogP contribution in [0.5, 0.6) is 5.75 Å². The fourth-order valence-corrected chi connectivity index (χ4v) is 3.06. The van der Waals surface area contributed by atoms with Gasteiger partial charge in [-0.15, -0.1) is 0 Å². The molecule has 0 saturated heterocycles. The maximum Gasteiger partial charge on any atom is 0.134 e. The third kappa shape index (κ3) is 1.56. The van der Waals surface area contributed by atoms with Gasteiger partial charge >= 0.3 is 0 Å². The molecule has 2 aromatic carbocycles. The Balaban J connectivity index is 2.14. The Morgan fingerprint density at radius 1 is 1.14 bits per heavy atom. The van der Waals surface area contributed by atoms with E-state index >= 15 is 0 Å². The number of nitrogens with zero attached hydrogens (tertiary/aromatic N) is 2. The Bertz CT molecular complexity index is 935. The SMILES string of the molecule is CC1(C)COc2c1cnc1c2ccc2c(C#N)cccc21. The van der Waals surface area contributed by atoms with E-state index < -0.39 is 0 Å². The largest absolute Gasteiger partial charge is 0.492 e. The van der Waals surface area contributed by atoms with Gasteiger partial charge in [-0.3, -0.25) is 4.98 Å². The Kier molecular flexibility index (Phi) is 2.29. The fraction of sp³-hybridized carbons (Fsp3) is 0.222. The summed E-state index contributed by atoms with van der Waals surface area (Å²) in [5.74, 6) is 0.939. The van der Waals surface area contributed by atoms with E-state index in [0.717, 1.165) is 33.0 Å². The third-order valence-corrected chi connectivity index (χ3v) is 4.27. The molecule has 0 atom stereocenters. The van der Waals surface area contributed by atoms with E-state index in [1.165, 1.54) is 0 Å². The molecule has 4 rings (SSSR count). The van der Waals surface area contributed by atoms with Crippen LogP contribution in [0.15, 0.2) is 36.5 Å². The monoisotopic (exact) mass is 274 g/mol. The van der Waals surface area contributed by atoms with Crippen molar-refractivity contribution in [2.24, 2.45) is 0 Å². The molecule has 0 aliphatic carbocycles. The molecule has 0 bridgehead atoms. The van der Waals surface area contributed by atoms with Gasteiger partial charge in [0.15, 0.2) is 0 Å². The van der Waals surface area contributed by atoms with E-state index in [4.69, 9.17) is 4.74 Å². The van der Waals surface area contributed by atoms with E-state index in [9.17, 15) is 5.26 Å². The van der Waals surface area contributed by atoms with Gasteiger partial charge in [0.25, 0.3) is 0 Å². The molecule has 1 aromatic heterocycles. The number of ether oxygens (including phenoxy) is 1. The van der Waals surface area contributed by atoms with Gasteiger partial charge < -0.3 is 4.74 Å². The standard InChI is InChI=1S/C18H14N2O/c1-18(2)10-21-17-14-7-6-12-11(8-19)4-3-5-13(12)16(14)20-9-15(17)18/h3-7,9H,10H2,1-2H3. The molecule has 0 amide bonds. The molecular weight excluding hydrogens is 260 g/mol. The van der Waals surface area contributed by atoms with Gasteiger partial charge in [0, 0.05) is 33.3 Å². The van der Waals surface area contributed by atoms with Gasteiger partial charge in [-0.2, -0.15) is 5.26 Å². The maximum absolute atomic E-state index is 9.24. The maximum atomic E-state index is 9.24. The molecule has 3 heteroatoms. The first-order chi connectivity index (χ1) is 10.1. The van der Waals surface area contributed by atoms with E-state index in [0.29, 0.717) is 12.2 Å². The number of fused-ring (bicyclic) bond motifs is 5. The molecule has 2 heterocycles.